The highest BCUT2D eigenvalue weighted by Gasteiger charge is 2.18. The van der Waals surface area contributed by atoms with Crippen molar-refractivity contribution >= 4 is 17.9 Å². The van der Waals surface area contributed by atoms with Crippen LogP contribution in [0.25, 0.3) is 0 Å². The maximum absolute atomic E-state index is 10.7. The number of aliphatic carboxylic acids is 1. The lowest BCUT2D eigenvalue weighted by molar-refractivity contribution is -0.686. The standard InChI is InChI=1S/C9H7NO6.BrH/c11-7(12)4-10-2-5(8(13)14)1-6(3-10)9(15)16;/h1-3H,4H2,(H2-,11,12,13,14,15,16);1H. The lowest BCUT2D eigenvalue weighted by Gasteiger charge is -1.98. The van der Waals surface area contributed by atoms with E-state index in [0.29, 0.717) is 0 Å². The van der Waals surface area contributed by atoms with Gasteiger partial charge >= 0.3 is 17.9 Å². The second-order valence-corrected chi connectivity index (χ2v) is 2.99. The number of carboxylic acid groups (broad SMARTS) is 3. The Kier molecular flexibility index (Phi) is 5.26. The Morgan fingerprint density at radius 3 is 1.71 bits per heavy atom. The van der Waals surface area contributed by atoms with Gasteiger partial charge in [0.2, 0.25) is 6.54 Å². The molecule has 0 bridgehead atoms. The number of carbonyl (C=O) groups is 3. The van der Waals surface area contributed by atoms with Gasteiger partial charge in [-0.15, -0.1) is 0 Å². The Hall–Kier alpha value is -1.96. The number of hydrogen-bond donors (Lipinski definition) is 3. The van der Waals surface area contributed by atoms with Crippen LogP contribution in [0.3, 0.4) is 0 Å². The maximum atomic E-state index is 10.7. The van der Waals surface area contributed by atoms with E-state index >= 15 is 0 Å². The van der Waals surface area contributed by atoms with Crippen LogP contribution in [0.15, 0.2) is 18.5 Å². The third kappa shape index (κ3) is 4.19. The lowest BCUT2D eigenvalue weighted by atomic mass is 10.2. The molecule has 7 nitrogen and oxygen atoms in total. The molecule has 0 fully saturated rings. The Morgan fingerprint density at radius 1 is 1.00 bits per heavy atom. The molecule has 1 rings (SSSR count). The first-order chi connectivity index (χ1) is 7.40. The summed E-state index contributed by atoms with van der Waals surface area (Å²) in [7, 11) is 0. The SMILES string of the molecule is O=C(O)C[n+]1cc(C(=O)O)cc(C(=O)O)c1.[Br-]. The van der Waals surface area contributed by atoms with Gasteiger partial charge in [-0.25, -0.2) is 14.4 Å². The zero-order valence-electron chi connectivity index (χ0n) is 8.33. The quantitative estimate of drug-likeness (QED) is 0.496. The molecule has 0 saturated heterocycles. The van der Waals surface area contributed by atoms with Crippen LogP contribution >= 0.6 is 0 Å². The first kappa shape index (κ1) is 15.0. The van der Waals surface area contributed by atoms with Crippen LogP contribution in [0.2, 0.25) is 0 Å². The van der Waals surface area contributed by atoms with Crippen LogP contribution in [-0.2, 0) is 11.3 Å². The fraction of sp³-hybridized carbons (Fsp3) is 0.111. The zero-order chi connectivity index (χ0) is 12.3. The Morgan fingerprint density at radius 2 is 1.41 bits per heavy atom. The average Bonchev–Trinajstić information content (AvgIpc) is 2.15. The number of carboxylic acids is 3. The predicted octanol–water partition coefficient (Wildman–Crippen LogP) is -3.54. The highest BCUT2D eigenvalue weighted by atomic mass is 79.9. The van der Waals surface area contributed by atoms with Crippen molar-refractivity contribution in [2.45, 2.75) is 6.54 Å². The zero-order valence-corrected chi connectivity index (χ0v) is 9.92. The first-order valence-electron chi connectivity index (χ1n) is 4.12. The fourth-order valence-electron chi connectivity index (χ4n) is 1.12. The van der Waals surface area contributed by atoms with Gasteiger partial charge in [-0.05, 0) is 6.07 Å². The first-order valence-corrected chi connectivity index (χ1v) is 4.12. The Labute approximate surface area is 106 Å². The van der Waals surface area contributed by atoms with Gasteiger partial charge in [0.15, 0.2) is 12.4 Å². The van der Waals surface area contributed by atoms with Crippen molar-refractivity contribution in [1.29, 1.82) is 0 Å². The molecular weight excluding hydrogens is 298 g/mol. The van der Waals surface area contributed by atoms with Crippen LogP contribution < -0.4 is 21.5 Å². The van der Waals surface area contributed by atoms with Crippen molar-refractivity contribution in [3.8, 4) is 0 Å². The number of aromatic nitrogens is 1. The summed E-state index contributed by atoms with van der Waals surface area (Å²) < 4.78 is 0.995. The number of pyridine rings is 1. The van der Waals surface area contributed by atoms with E-state index in [0.717, 1.165) is 23.0 Å². The number of nitrogens with zero attached hydrogens (tertiary/aromatic N) is 1. The molecule has 0 aliphatic carbocycles. The molecule has 0 radical (unpaired) electrons. The molecule has 0 unspecified atom stereocenters. The highest BCUT2D eigenvalue weighted by Crippen LogP contribution is 2.01. The topological polar surface area (TPSA) is 116 Å². The Bertz CT molecular complexity index is 440. The van der Waals surface area contributed by atoms with Crippen molar-refractivity contribution < 1.29 is 51.3 Å². The van der Waals surface area contributed by atoms with E-state index in [4.69, 9.17) is 15.3 Å². The number of halogens is 1. The minimum absolute atomic E-state index is 0. The molecule has 92 valence electrons. The summed E-state index contributed by atoms with van der Waals surface area (Å²) in [6.07, 6.45) is 2.12. The Balaban J connectivity index is 0.00000256. The van der Waals surface area contributed by atoms with Gasteiger partial charge in [-0.2, -0.15) is 4.57 Å². The molecule has 0 saturated carbocycles. The van der Waals surface area contributed by atoms with Gasteiger partial charge in [0, 0.05) is 0 Å². The fourth-order valence-corrected chi connectivity index (χ4v) is 1.12. The molecule has 1 aromatic heterocycles. The molecule has 0 spiro atoms. The molecule has 0 aromatic carbocycles. The summed E-state index contributed by atoms with van der Waals surface area (Å²) in [5.41, 5.74) is -0.553. The largest absolute Gasteiger partial charge is 1.00 e. The number of rotatable bonds is 4. The van der Waals surface area contributed by atoms with Gasteiger partial charge in [-0.1, -0.05) is 0 Å². The van der Waals surface area contributed by atoms with E-state index < -0.39 is 24.5 Å². The molecule has 8 heteroatoms. The molecule has 0 aliphatic heterocycles. The molecule has 1 heterocycles. The van der Waals surface area contributed by atoms with E-state index in [1.807, 2.05) is 0 Å². The van der Waals surface area contributed by atoms with E-state index in [1.54, 1.807) is 0 Å². The molecular formula is C9H8BrNO6. The van der Waals surface area contributed by atoms with E-state index in [9.17, 15) is 14.4 Å². The summed E-state index contributed by atoms with van der Waals surface area (Å²) in [4.78, 5) is 31.7. The number of aromatic carboxylic acids is 2. The number of hydrogen-bond acceptors (Lipinski definition) is 3. The molecule has 17 heavy (non-hydrogen) atoms. The second kappa shape index (κ2) is 5.94. The van der Waals surface area contributed by atoms with Crippen LogP contribution in [-0.4, -0.2) is 33.2 Å². The van der Waals surface area contributed by atoms with Gasteiger partial charge in [0.05, 0.1) is 0 Å². The van der Waals surface area contributed by atoms with Crippen LogP contribution in [0.5, 0.6) is 0 Å². The van der Waals surface area contributed by atoms with Crippen molar-refractivity contribution in [3.63, 3.8) is 0 Å². The van der Waals surface area contributed by atoms with Crippen molar-refractivity contribution in [2.24, 2.45) is 0 Å². The monoisotopic (exact) mass is 305 g/mol. The average molecular weight is 306 g/mol. The highest BCUT2D eigenvalue weighted by molar-refractivity contribution is 5.92. The van der Waals surface area contributed by atoms with E-state index in [-0.39, 0.29) is 28.1 Å². The van der Waals surface area contributed by atoms with Crippen LogP contribution in [0, 0.1) is 0 Å². The third-order valence-corrected chi connectivity index (χ3v) is 1.73. The summed E-state index contributed by atoms with van der Waals surface area (Å²) in [5, 5.41) is 25.9. The van der Waals surface area contributed by atoms with Crippen LogP contribution in [0.4, 0.5) is 0 Å². The van der Waals surface area contributed by atoms with E-state index in [1.165, 1.54) is 0 Å². The van der Waals surface area contributed by atoms with Crippen molar-refractivity contribution in [2.75, 3.05) is 0 Å². The van der Waals surface area contributed by atoms with Gasteiger partial charge in [0.25, 0.3) is 0 Å². The summed E-state index contributed by atoms with van der Waals surface area (Å²) >= 11 is 0. The smallest absolute Gasteiger partial charge is 0.370 e. The molecule has 3 N–H and O–H groups in total. The van der Waals surface area contributed by atoms with Crippen molar-refractivity contribution in [3.05, 3.63) is 29.6 Å². The van der Waals surface area contributed by atoms with Gasteiger partial charge in [0.1, 0.15) is 11.1 Å². The molecule has 0 amide bonds. The van der Waals surface area contributed by atoms with Crippen LogP contribution in [0.1, 0.15) is 20.7 Å². The normalized spacial score (nSPS) is 9.18. The molecule has 1 aromatic rings. The maximum Gasteiger partial charge on any atom is 0.370 e. The summed E-state index contributed by atoms with van der Waals surface area (Å²) in [5.74, 6) is -3.83. The predicted molar refractivity (Wildman–Crippen MR) is 48.2 cm³/mol. The lowest BCUT2D eigenvalue weighted by Crippen LogP contribution is -3.00. The summed E-state index contributed by atoms with van der Waals surface area (Å²) in [6.45, 7) is -0.499. The van der Waals surface area contributed by atoms with Crippen molar-refractivity contribution in [1.82, 2.24) is 0 Å². The molecule has 0 aliphatic rings. The summed E-state index contributed by atoms with van der Waals surface area (Å²) in [6, 6.07) is 0.961. The van der Waals surface area contributed by atoms with Gasteiger partial charge in [-0.3, -0.25) is 0 Å². The minimum Gasteiger partial charge on any atom is -1.00 e. The minimum atomic E-state index is -1.32. The second-order valence-electron chi connectivity index (χ2n) is 2.99. The third-order valence-electron chi connectivity index (χ3n) is 1.73. The van der Waals surface area contributed by atoms with Gasteiger partial charge < -0.3 is 32.3 Å². The molecule has 0 atom stereocenters. The van der Waals surface area contributed by atoms with E-state index in [2.05, 4.69) is 0 Å².